The summed E-state index contributed by atoms with van der Waals surface area (Å²) in [4.78, 5) is 11.9. The van der Waals surface area contributed by atoms with E-state index in [1.165, 1.54) is 16.8 Å². The van der Waals surface area contributed by atoms with E-state index in [2.05, 4.69) is 20.7 Å². The van der Waals surface area contributed by atoms with Crippen LogP contribution in [0.4, 0.5) is 10.2 Å². The van der Waals surface area contributed by atoms with Crippen molar-refractivity contribution in [1.82, 2.24) is 20.0 Å². The molecule has 24 heavy (non-hydrogen) atoms. The third-order valence-electron chi connectivity index (χ3n) is 2.98. The maximum Gasteiger partial charge on any atom is 0.236 e. The molecule has 0 spiro atoms. The maximum atomic E-state index is 13.3. The van der Waals surface area contributed by atoms with Crippen LogP contribution in [0.2, 0.25) is 0 Å². The lowest BCUT2D eigenvalue weighted by Gasteiger charge is -2.04. The van der Waals surface area contributed by atoms with E-state index in [0.717, 1.165) is 11.8 Å². The van der Waals surface area contributed by atoms with Gasteiger partial charge in [0.2, 0.25) is 11.1 Å². The Balaban J connectivity index is 1.65. The molecule has 0 aliphatic rings. The van der Waals surface area contributed by atoms with Gasteiger partial charge in [0.1, 0.15) is 11.6 Å². The molecule has 0 atom stereocenters. The number of rotatable bonds is 5. The lowest BCUT2D eigenvalue weighted by molar-refractivity contribution is -0.113. The Kier molecular flexibility index (Phi) is 4.47. The fraction of sp³-hybridized carbons (Fsp3) is 0.143. The van der Waals surface area contributed by atoms with Gasteiger partial charge in [-0.25, -0.2) is 9.07 Å². The van der Waals surface area contributed by atoms with E-state index >= 15 is 0 Å². The molecule has 0 unspecified atom stereocenters. The minimum Gasteiger partial charge on any atom is -0.360 e. The van der Waals surface area contributed by atoms with Crippen molar-refractivity contribution in [2.24, 2.45) is 0 Å². The molecule has 0 aliphatic heterocycles. The van der Waals surface area contributed by atoms with Crippen LogP contribution in [-0.4, -0.2) is 31.7 Å². The van der Waals surface area contributed by atoms with E-state index in [9.17, 15) is 9.18 Å². The summed E-state index contributed by atoms with van der Waals surface area (Å²) in [6.07, 6.45) is 0. The van der Waals surface area contributed by atoms with Crippen molar-refractivity contribution < 1.29 is 13.7 Å². The quantitative estimate of drug-likeness (QED) is 0.534. The van der Waals surface area contributed by atoms with Crippen molar-refractivity contribution in [3.63, 3.8) is 0 Å². The van der Waals surface area contributed by atoms with Crippen molar-refractivity contribution in [1.29, 1.82) is 0 Å². The summed E-state index contributed by atoms with van der Waals surface area (Å²) in [6, 6.07) is 7.47. The summed E-state index contributed by atoms with van der Waals surface area (Å²) in [5.41, 5.74) is 0.499. The van der Waals surface area contributed by atoms with E-state index in [4.69, 9.17) is 10.4 Å². The number of halogens is 1. The van der Waals surface area contributed by atoms with Gasteiger partial charge in [0, 0.05) is 11.6 Å². The number of nitrogen functional groups attached to an aromatic ring is 1. The third kappa shape index (κ3) is 3.54. The number of aryl methyl sites for hydroxylation is 1. The average Bonchev–Trinajstić information content (AvgIpc) is 3.11. The van der Waals surface area contributed by atoms with Crippen LogP contribution in [0.15, 0.2) is 40.0 Å². The molecule has 1 amide bonds. The number of amides is 1. The van der Waals surface area contributed by atoms with Crippen molar-refractivity contribution in [3.8, 4) is 11.4 Å². The molecule has 0 bridgehead atoms. The summed E-state index contributed by atoms with van der Waals surface area (Å²) >= 11 is 1.10. The minimum absolute atomic E-state index is 0.0599. The number of carbonyl (C=O) groups is 1. The summed E-state index contributed by atoms with van der Waals surface area (Å²) in [5.74, 6) is 6.54. The summed E-state index contributed by atoms with van der Waals surface area (Å²) < 4.78 is 19.4. The molecule has 1 aromatic carbocycles. The number of thioether (sulfide) groups is 1. The summed E-state index contributed by atoms with van der Waals surface area (Å²) in [5, 5.41) is 14.4. The van der Waals surface area contributed by atoms with Crippen molar-refractivity contribution in [2.75, 3.05) is 16.9 Å². The standard InChI is InChI=1S/C14H13FN6O2S/c1-8-5-11(20-23-8)17-12(22)7-24-14-19-18-13(21(14)16)9-3-2-4-10(15)6-9/h2-6H,7,16H2,1H3,(H,17,20,22). The first-order valence-electron chi connectivity index (χ1n) is 6.85. The number of nitrogens with one attached hydrogen (secondary N) is 1. The largest absolute Gasteiger partial charge is 0.360 e. The maximum absolute atomic E-state index is 13.3. The van der Waals surface area contributed by atoms with Gasteiger partial charge in [-0.05, 0) is 19.1 Å². The summed E-state index contributed by atoms with van der Waals surface area (Å²) in [7, 11) is 0. The molecule has 10 heteroatoms. The Hall–Kier alpha value is -2.88. The van der Waals surface area contributed by atoms with Gasteiger partial charge < -0.3 is 15.7 Å². The smallest absolute Gasteiger partial charge is 0.236 e. The molecular weight excluding hydrogens is 335 g/mol. The number of benzene rings is 1. The second-order valence-electron chi connectivity index (χ2n) is 4.85. The van der Waals surface area contributed by atoms with Crippen molar-refractivity contribution >= 4 is 23.5 Å². The normalized spacial score (nSPS) is 10.8. The highest BCUT2D eigenvalue weighted by atomic mass is 32.2. The Morgan fingerprint density at radius 1 is 1.42 bits per heavy atom. The van der Waals surface area contributed by atoms with Gasteiger partial charge in [-0.2, -0.15) is 0 Å². The van der Waals surface area contributed by atoms with Crippen LogP contribution >= 0.6 is 11.8 Å². The molecule has 2 aromatic heterocycles. The lowest BCUT2D eigenvalue weighted by atomic mass is 10.2. The molecule has 0 saturated carbocycles. The van der Waals surface area contributed by atoms with Crippen LogP contribution in [0.3, 0.4) is 0 Å². The number of nitrogens with zero attached hydrogens (tertiary/aromatic N) is 4. The molecule has 3 rings (SSSR count). The molecule has 0 aliphatic carbocycles. The number of nitrogens with two attached hydrogens (primary N) is 1. The molecule has 3 aromatic rings. The monoisotopic (exact) mass is 348 g/mol. The molecule has 0 saturated heterocycles. The fourth-order valence-corrected chi connectivity index (χ4v) is 2.59. The number of hydrogen-bond acceptors (Lipinski definition) is 7. The summed E-state index contributed by atoms with van der Waals surface area (Å²) in [6.45, 7) is 1.72. The zero-order chi connectivity index (χ0) is 17.1. The van der Waals surface area contributed by atoms with Crippen molar-refractivity contribution in [3.05, 3.63) is 41.9 Å². The topological polar surface area (TPSA) is 112 Å². The van der Waals surface area contributed by atoms with Gasteiger partial charge in [0.05, 0.1) is 5.75 Å². The molecule has 124 valence electrons. The fourth-order valence-electron chi connectivity index (χ4n) is 1.93. The molecular formula is C14H13FN6O2S. The number of anilines is 1. The van der Waals surface area contributed by atoms with Crippen LogP contribution < -0.4 is 11.2 Å². The minimum atomic E-state index is -0.396. The first-order chi connectivity index (χ1) is 11.5. The molecule has 8 nitrogen and oxygen atoms in total. The van der Waals surface area contributed by atoms with Crippen LogP contribution in [0.25, 0.3) is 11.4 Å². The van der Waals surface area contributed by atoms with E-state index in [0.29, 0.717) is 28.1 Å². The number of aromatic nitrogens is 4. The molecule has 3 N–H and O–H groups in total. The van der Waals surface area contributed by atoms with Gasteiger partial charge >= 0.3 is 0 Å². The SMILES string of the molecule is Cc1cc(NC(=O)CSc2nnc(-c3cccc(F)c3)n2N)no1. The second-order valence-corrected chi connectivity index (χ2v) is 5.79. The molecule has 2 heterocycles. The Labute approximate surface area is 140 Å². The van der Waals surface area contributed by atoms with Gasteiger partial charge in [-0.15, -0.1) is 10.2 Å². The van der Waals surface area contributed by atoms with Crippen LogP contribution in [0.1, 0.15) is 5.76 Å². The molecule has 0 radical (unpaired) electrons. The predicted octanol–water partition coefficient (Wildman–Crippen LogP) is 1.83. The highest BCUT2D eigenvalue weighted by molar-refractivity contribution is 7.99. The Morgan fingerprint density at radius 3 is 2.96 bits per heavy atom. The number of carbonyl (C=O) groups excluding carboxylic acids is 1. The van der Waals surface area contributed by atoms with E-state index < -0.39 is 5.82 Å². The zero-order valence-electron chi connectivity index (χ0n) is 12.6. The lowest BCUT2D eigenvalue weighted by Crippen LogP contribution is -2.16. The first kappa shape index (κ1) is 16.0. The van der Waals surface area contributed by atoms with Gasteiger partial charge in [0.15, 0.2) is 11.6 Å². The van der Waals surface area contributed by atoms with E-state index in [1.54, 1.807) is 25.1 Å². The Morgan fingerprint density at radius 2 is 2.25 bits per heavy atom. The first-order valence-corrected chi connectivity index (χ1v) is 7.84. The van der Waals surface area contributed by atoms with Crippen LogP contribution in [0, 0.1) is 12.7 Å². The van der Waals surface area contributed by atoms with Crippen LogP contribution in [-0.2, 0) is 4.79 Å². The second kappa shape index (κ2) is 6.71. The Bertz CT molecular complexity index is 878. The average molecular weight is 348 g/mol. The highest BCUT2D eigenvalue weighted by Gasteiger charge is 2.14. The van der Waals surface area contributed by atoms with Gasteiger partial charge in [-0.1, -0.05) is 29.1 Å². The third-order valence-corrected chi connectivity index (χ3v) is 3.92. The number of hydrogen-bond donors (Lipinski definition) is 2. The zero-order valence-corrected chi connectivity index (χ0v) is 13.4. The van der Waals surface area contributed by atoms with E-state index in [1.807, 2.05) is 0 Å². The van der Waals surface area contributed by atoms with Crippen LogP contribution in [0.5, 0.6) is 0 Å². The predicted molar refractivity (Wildman–Crippen MR) is 86.2 cm³/mol. The van der Waals surface area contributed by atoms with Gasteiger partial charge in [0.25, 0.3) is 0 Å². The van der Waals surface area contributed by atoms with Crippen molar-refractivity contribution in [2.45, 2.75) is 12.1 Å². The highest BCUT2D eigenvalue weighted by Crippen LogP contribution is 2.22. The van der Waals surface area contributed by atoms with E-state index in [-0.39, 0.29) is 11.7 Å². The van der Waals surface area contributed by atoms with Gasteiger partial charge in [-0.3, -0.25) is 4.79 Å². The molecule has 0 fully saturated rings.